The summed E-state index contributed by atoms with van der Waals surface area (Å²) in [6.07, 6.45) is 0.476. The van der Waals surface area contributed by atoms with Gasteiger partial charge in [-0.25, -0.2) is 4.39 Å². The Morgan fingerprint density at radius 3 is 2.69 bits per heavy atom. The molecule has 0 spiro atoms. The Hall–Kier alpha value is -1.18. The Morgan fingerprint density at radius 2 is 2.15 bits per heavy atom. The van der Waals surface area contributed by atoms with Crippen LogP contribution in [0.25, 0.3) is 0 Å². The van der Waals surface area contributed by atoms with Gasteiger partial charge < -0.3 is 0 Å². The summed E-state index contributed by atoms with van der Waals surface area (Å²) in [5.41, 5.74) is 0.466. The van der Waals surface area contributed by atoms with Crippen molar-refractivity contribution in [2.75, 3.05) is 0 Å². The molecule has 0 N–H and O–H groups in total. The lowest BCUT2D eigenvalue weighted by Gasteiger charge is -2.03. The second-order valence-electron chi connectivity index (χ2n) is 3.53. The minimum absolute atomic E-state index is 0.00880. The Balaban J connectivity index is 2.77. The molecule has 0 radical (unpaired) electrons. The highest BCUT2D eigenvalue weighted by molar-refractivity contribution is 5.96. The molecule has 0 saturated carbocycles. The van der Waals surface area contributed by atoms with Crippen molar-refractivity contribution in [1.82, 2.24) is 0 Å². The molecule has 0 aliphatic carbocycles. The van der Waals surface area contributed by atoms with Gasteiger partial charge in [-0.1, -0.05) is 26.0 Å². The maximum Gasteiger partial charge on any atom is 0.163 e. The molecule has 0 bridgehead atoms. The van der Waals surface area contributed by atoms with Crippen molar-refractivity contribution in [2.45, 2.75) is 20.3 Å². The van der Waals surface area contributed by atoms with Crippen LogP contribution in [0.2, 0.25) is 0 Å². The summed E-state index contributed by atoms with van der Waals surface area (Å²) in [5.74, 6) is -0.0279. The molecule has 0 aliphatic heterocycles. The van der Waals surface area contributed by atoms with Crippen LogP contribution in [0.15, 0.2) is 24.3 Å². The molecular weight excluding hydrogens is 167 g/mol. The van der Waals surface area contributed by atoms with E-state index in [1.165, 1.54) is 12.1 Å². The molecule has 1 aromatic carbocycles. The van der Waals surface area contributed by atoms with E-state index >= 15 is 0 Å². The zero-order chi connectivity index (χ0) is 9.84. The predicted octanol–water partition coefficient (Wildman–Crippen LogP) is 3.05. The van der Waals surface area contributed by atoms with Crippen molar-refractivity contribution in [3.05, 3.63) is 35.6 Å². The van der Waals surface area contributed by atoms with Crippen molar-refractivity contribution in [1.29, 1.82) is 0 Å². The molecule has 1 rings (SSSR count). The van der Waals surface area contributed by atoms with E-state index in [4.69, 9.17) is 0 Å². The quantitative estimate of drug-likeness (QED) is 0.653. The molecule has 0 amide bonds. The number of benzene rings is 1. The first kappa shape index (κ1) is 9.90. The van der Waals surface area contributed by atoms with Gasteiger partial charge in [0, 0.05) is 12.0 Å². The predicted molar refractivity (Wildman–Crippen MR) is 50.2 cm³/mol. The molecule has 0 heterocycles. The van der Waals surface area contributed by atoms with Crippen LogP contribution in [0.1, 0.15) is 30.6 Å². The third-order valence-electron chi connectivity index (χ3n) is 1.74. The number of hydrogen-bond donors (Lipinski definition) is 0. The first-order chi connectivity index (χ1) is 6.09. The van der Waals surface area contributed by atoms with Gasteiger partial charge in [-0.2, -0.15) is 0 Å². The van der Waals surface area contributed by atoms with Gasteiger partial charge in [-0.15, -0.1) is 0 Å². The lowest BCUT2D eigenvalue weighted by atomic mass is 10.0. The normalized spacial score (nSPS) is 10.5. The monoisotopic (exact) mass is 180 g/mol. The molecule has 0 aliphatic rings. The molecular formula is C11H13FO. The smallest absolute Gasteiger partial charge is 0.163 e. The second kappa shape index (κ2) is 4.17. The minimum Gasteiger partial charge on any atom is -0.294 e. The van der Waals surface area contributed by atoms with Crippen LogP contribution in [0, 0.1) is 11.7 Å². The molecule has 0 saturated heterocycles. The highest BCUT2D eigenvalue weighted by atomic mass is 19.1. The van der Waals surface area contributed by atoms with E-state index in [9.17, 15) is 9.18 Å². The van der Waals surface area contributed by atoms with E-state index in [0.717, 1.165) is 0 Å². The zero-order valence-corrected chi connectivity index (χ0v) is 7.88. The minimum atomic E-state index is -0.352. The van der Waals surface area contributed by atoms with Crippen LogP contribution < -0.4 is 0 Å². The Kier molecular flexibility index (Phi) is 3.18. The first-order valence-electron chi connectivity index (χ1n) is 4.38. The second-order valence-corrected chi connectivity index (χ2v) is 3.53. The van der Waals surface area contributed by atoms with Gasteiger partial charge >= 0.3 is 0 Å². The van der Waals surface area contributed by atoms with Crippen LogP contribution in [0.3, 0.4) is 0 Å². The van der Waals surface area contributed by atoms with Gasteiger partial charge in [0.25, 0.3) is 0 Å². The zero-order valence-electron chi connectivity index (χ0n) is 7.88. The van der Waals surface area contributed by atoms with Crippen molar-refractivity contribution >= 4 is 5.78 Å². The summed E-state index contributed by atoms with van der Waals surface area (Å²) in [5, 5.41) is 0. The standard InChI is InChI=1S/C11H13FO/c1-8(2)6-11(13)9-4-3-5-10(12)7-9/h3-5,7-8H,6H2,1-2H3. The molecule has 2 heteroatoms. The fourth-order valence-corrected chi connectivity index (χ4v) is 1.15. The fraction of sp³-hybridized carbons (Fsp3) is 0.364. The molecule has 13 heavy (non-hydrogen) atoms. The third kappa shape index (κ3) is 2.98. The maximum absolute atomic E-state index is 12.7. The van der Waals surface area contributed by atoms with Gasteiger partial charge in [0.05, 0.1) is 0 Å². The molecule has 0 aromatic heterocycles. The maximum atomic E-state index is 12.7. The SMILES string of the molecule is CC(C)CC(=O)c1cccc(F)c1. The van der Waals surface area contributed by atoms with E-state index in [1.54, 1.807) is 12.1 Å². The van der Waals surface area contributed by atoms with Crippen molar-refractivity contribution in [2.24, 2.45) is 5.92 Å². The summed E-state index contributed by atoms with van der Waals surface area (Å²) >= 11 is 0. The van der Waals surface area contributed by atoms with E-state index in [1.807, 2.05) is 13.8 Å². The van der Waals surface area contributed by atoms with Gasteiger partial charge in [0.2, 0.25) is 0 Å². The van der Waals surface area contributed by atoms with E-state index in [2.05, 4.69) is 0 Å². The first-order valence-corrected chi connectivity index (χ1v) is 4.38. The van der Waals surface area contributed by atoms with Crippen LogP contribution in [-0.2, 0) is 0 Å². The van der Waals surface area contributed by atoms with Gasteiger partial charge in [0.1, 0.15) is 5.82 Å². The third-order valence-corrected chi connectivity index (χ3v) is 1.74. The van der Waals surface area contributed by atoms with Crippen molar-refractivity contribution < 1.29 is 9.18 Å². The fourth-order valence-electron chi connectivity index (χ4n) is 1.15. The van der Waals surface area contributed by atoms with Crippen molar-refractivity contribution in [3.8, 4) is 0 Å². The number of carbonyl (C=O) groups excluding carboxylic acids is 1. The summed E-state index contributed by atoms with van der Waals surface area (Å²) in [7, 11) is 0. The average molecular weight is 180 g/mol. The van der Waals surface area contributed by atoms with Crippen LogP contribution in [0.4, 0.5) is 4.39 Å². The Morgan fingerprint density at radius 1 is 1.46 bits per heavy atom. The largest absolute Gasteiger partial charge is 0.294 e. The average Bonchev–Trinajstić information content (AvgIpc) is 2.03. The summed E-state index contributed by atoms with van der Waals surface area (Å²) < 4.78 is 12.7. The lowest BCUT2D eigenvalue weighted by molar-refractivity contribution is 0.0967. The van der Waals surface area contributed by atoms with Gasteiger partial charge in [-0.05, 0) is 18.1 Å². The van der Waals surface area contributed by atoms with E-state index in [-0.39, 0.29) is 11.6 Å². The molecule has 1 aromatic rings. The van der Waals surface area contributed by atoms with E-state index < -0.39 is 0 Å². The van der Waals surface area contributed by atoms with Crippen LogP contribution in [-0.4, -0.2) is 5.78 Å². The topological polar surface area (TPSA) is 17.1 Å². The number of rotatable bonds is 3. The van der Waals surface area contributed by atoms with Crippen LogP contribution in [0.5, 0.6) is 0 Å². The van der Waals surface area contributed by atoms with Gasteiger partial charge in [0.15, 0.2) is 5.78 Å². The van der Waals surface area contributed by atoms with Crippen molar-refractivity contribution in [3.63, 3.8) is 0 Å². The summed E-state index contributed by atoms with van der Waals surface area (Å²) in [4.78, 5) is 11.4. The molecule has 1 nitrogen and oxygen atoms in total. The molecule has 0 atom stereocenters. The number of carbonyl (C=O) groups is 1. The highest BCUT2D eigenvalue weighted by Gasteiger charge is 2.08. The Labute approximate surface area is 77.6 Å². The molecule has 70 valence electrons. The van der Waals surface area contributed by atoms with Crippen LogP contribution >= 0.6 is 0 Å². The summed E-state index contributed by atoms with van der Waals surface area (Å²) in [6.45, 7) is 3.94. The number of hydrogen-bond acceptors (Lipinski definition) is 1. The number of Topliss-reactive ketones (excluding diaryl/α,β-unsaturated/α-hetero) is 1. The molecule has 0 fully saturated rings. The van der Waals surface area contributed by atoms with E-state index in [0.29, 0.717) is 17.9 Å². The number of halogens is 1. The van der Waals surface area contributed by atoms with Gasteiger partial charge in [-0.3, -0.25) is 4.79 Å². The summed E-state index contributed by atoms with van der Waals surface area (Å²) in [6, 6.07) is 5.83. The highest BCUT2D eigenvalue weighted by Crippen LogP contribution is 2.10. The lowest BCUT2D eigenvalue weighted by Crippen LogP contribution is -2.03. The number of ketones is 1. The Bertz CT molecular complexity index is 305. The molecule has 0 unspecified atom stereocenters.